The lowest BCUT2D eigenvalue weighted by molar-refractivity contribution is -0.870. The second-order valence-corrected chi connectivity index (χ2v) is 17.6. The first kappa shape index (κ1) is 50.4. The summed E-state index contributed by atoms with van der Waals surface area (Å²) in [6.45, 7) is 4.71. The van der Waals surface area contributed by atoms with Gasteiger partial charge in [0.2, 0.25) is 5.91 Å². The number of hydrogen-bond donors (Lipinski definition) is 3. The Bertz CT molecular complexity index is 1090. The molecule has 1 amide bonds. The van der Waals surface area contributed by atoms with Crippen LogP contribution in [0.1, 0.15) is 162 Å². The van der Waals surface area contributed by atoms with E-state index in [2.05, 4.69) is 55.6 Å². The third-order valence-electron chi connectivity index (χ3n) is 9.70. The lowest BCUT2D eigenvalue weighted by atomic mass is 10.0. The zero-order valence-electron chi connectivity index (χ0n) is 35.1. The Labute approximate surface area is 331 Å². The van der Waals surface area contributed by atoms with Gasteiger partial charge in [0, 0.05) is 6.42 Å². The average Bonchev–Trinajstić information content (AvgIpc) is 3.87. The Morgan fingerprint density at radius 3 is 1.85 bits per heavy atom. The van der Waals surface area contributed by atoms with Crippen molar-refractivity contribution in [2.45, 2.75) is 186 Å². The summed E-state index contributed by atoms with van der Waals surface area (Å²) in [5.74, 6) is -0.239. The standard InChI is InChI=1S/C44H81N2O7P/c1-6-8-10-12-14-16-17-18-19-20-22-23-25-29-33-41(47)40(39-52-54(49,50)51-38-37-46(3,4)5)45-44(48)36-32-28-27-31-35-43-42(53-43)34-30-26-24-21-15-13-11-9-7-2/h15,21,26-27,29-31,33,40-43,47H,6-14,16-20,22-25,28,32,34-39H2,1-5H3,(H-,45,48,49,50)/p+1/b21-15-,30-26-,31-27-,33-29+/t40-,41+,42?,43?/m0/s1. The number of phosphoric acid groups is 1. The first-order valence-electron chi connectivity index (χ1n) is 21.6. The van der Waals surface area contributed by atoms with Gasteiger partial charge in [-0.1, -0.05) is 146 Å². The van der Waals surface area contributed by atoms with Crippen molar-refractivity contribution >= 4 is 13.7 Å². The summed E-state index contributed by atoms with van der Waals surface area (Å²) < 4.78 is 29.3. The number of allylic oxidation sites excluding steroid dienone is 5. The summed E-state index contributed by atoms with van der Waals surface area (Å²) in [6.07, 6.45) is 42.0. The summed E-state index contributed by atoms with van der Waals surface area (Å²) in [6, 6.07) is -0.881. The molecule has 0 aromatic heterocycles. The molecule has 3 N–H and O–H groups in total. The number of ether oxygens (including phenoxy) is 1. The van der Waals surface area contributed by atoms with Gasteiger partial charge in [0.25, 0.3) is 0 Å². The van der Waals surface area contributed by atoms with Crippen LogP contribution in [0, 0.1) is 0 Å². The Morgan fingerprint density at radius 1 is 0.722 bits per heavy atom. The molecule has 0 saturated carbocycles. The molecule has 0 aromatic rings. The maximum Gasteiger partial charge on any atom is 0.472 e. The van der Waals surface area contributed by atoms with Gasteiger partial charge in [-0.05, 0) is 57.8 Å². The maximum atomic E-state index is 12.9. The van der Waals surface area contributed by atoms with Crippen LogP contribution in [-0.4, -0.2) is 85.6 Å². The molecule has 0 radical (unpaired) electrons. The molecule has 5 atom stereocenters. The van der Waals surface area contributed by atoms with Crippen molar-refractivity contribution in [2.24, 2.45) is 0 Å². The predicted octanol–water partition coefficient (Wildman–Crippen LogP) is 10.7. The number of nitrogens with zero attached hydrogens (tertiary/aromatic N) is 1. The highest BCUT2D eigenvalue weighted by Crippen LogP contribution is 2.43. The number of aliphatic hydroxyl groups is 1. The Morgan fingerprint density at radius 2 is 1.22 bits per heavy atom. The second-order valence-electron chi connectivity index (χ2n) is 16.1. The molecule has 0 spiro atoms. The molecule has 10 heteroatoms. The predicted molar refractivity (Wildman–Crippen MR) is 225 cm³/mol. The second kappa shape index (κ2) is 32.5. The van der Waals surface area contributed by atoms with E-state index in [9.17, 15) is 19.4 Å². The van der Waals surface area contributed by atoms with Crippen molar-refractivity contribution < 1.29 is 37.6 Å². The van der Waals surface area contributed by atoms with Crippen molar-refractivity contribution in [3.63, 3.8) is 0 Å². The highest BCUT2D eigenvalue weighted by molar-refractivity contribution is 7.47. The number of carbonyl (C=O) groups is 1. The molecule has 314 valence electrons. The number of nitrogens with one attached hydrogen (secondary N) is 1. The van der Waals surface area contributed by atoms with Crippen LogP contribution in [-0.2, 0) is 23.1 Å². The summed E-state index contributed by atoms with van der Waals surface area (Å²) in [5.41, 5.74) is 0. The topological polar surface area (TPSA) is 118 Å². The molecular formula is C44H82N2O7P+. The van der Waals surface area contributed by atoms with Gasteiger partial charge in [-0.2, -0.15) is 0 Å². The van der Waals surface area contributed by atoms with Gasteiger partial charge in [0.1, 0.15) is 13.2 Å². The van der Waals surface area contributed by atoms with Crippen molar-refractivity contribution in [1.29, 1.82) is 0 Å². The monoisotopic (exact) mass is 782 g/mol. The van der Waals surface area contributed by atoms with E-state index in [0.717, 1.165) is 44.9 Å². The number of unbranched alkanes of at least 4 members (excludes halogenated alkanes) is 16. The normalized spacial score (nSPS) is 18.6. The van der Waals surface area contributed by atoms with Crippen LogP contribution >= 0.6 is 7.82 Å². The fourth-order valence-electron chi connectivity index (χ4n) is 6.07. The van der Waals surface area contributed by atoms with Gasteiger partial charge < -0.3 is 24.5 Å². The fourth-order valence-corrected chi connectivity index (χ4v) is 6.81. The van der Waals surface area contributed by atoms with Crippen molar-refractivity contribution in [2.75, 3.05) is 40.9 Å². The molecule has 1 aliphatic heterocycles. The van der Waals surface area contributed by atoms with Gasteiger partial charge in [-0.15, -0.1) is 0 Å². The molecule has 1 heterocycles. The van der Waals surface area contributed by atoms with Crippen molar-refractivity contribution in [1.82, 2.24) is 5.32 Å². The van der Waals surface area contributed by atoms with E-state index in [1.54, 1.807) is 6.08 Å². The third-order valence-corrected chi connectivity index (χ3v) is 10.7. The minimum Gasteiger partial charge on any atom is -0.387 e. The number of epoxide rings is 1. The maximum absolute atomic E-state index is 12.9. The first-order chi connectivity index (χ1) is 26.0. The zero-order valence-corrected chi connectivity index (χ0v) is 36.0. The largest absolute Gasteiger partial charge is 0.472 e. The van der Waals surface area contributed by atoms with Crippen LogP contribution in [0.4, 0.5) is 0 Å². The minimum absolute atomic E-state index is 0.0467. The summed E-state index contributed by atoms with van der Waals surface area (Å²) in [5, 5.41) is 13.8. The molecular weight excluding hydrogens is 699 g/mol. The Hall–Kier alpha value is -1.58. The van der Waals surface area contributed by atoms with Crippen molar-refractivity contribution in [3.8, 4) is 0 Å². The lowest BCUT2D eigenvalue weighted by Gasteiger charge is -2.25. The lowest BCUT2D eigenvalue weighted by Crippen LogP contribution is -2.45. The van der Waals surface area contributed by atoms with Crippen LogP contribution < -0.4 is 5.32 Å². The molecule has 9 nitrogen and oxygen atoms in total. The van der Waals surface area contributed by atoms with E-state index in [-0.39, 0.29) is 31.6 Å². The van der Waals surface area contributed by atoms with E-state index in [0.29, 0.717) is 23.6 Å². The summed E-state index contributed by atoms with van der Waals surface area (Å²) >= 11 is 0. The van der Waals surface area contributed by atoms with Crippen LogP contribution in [0.15, 0.2) is 48.6 Å². The molecule has 1 aliphatic rings. The van der Waals surface area contributed by atoms with E-state index >= 15 is 0 Å². The number of amides is 1. The third kappa shape index (κ3) is 31.6. The average molecular weight is 782 g/mol. The number of aliphatic hydroxyl groups excluding tert-OH is 1. The summed E-state index contributed by atoms with van der Waals surface area (Å²) in [4.78, 5) is 23.1. The number of quaternary nitrogens is 1. The molecule has 0 bridgehead atoms. The van der Waals surface area contributed by atoms with Crippen LogP contribution in [0.3, 0.4) is 0 Å². The number of carbonyl (C=O) groups excluding carboxylic acids is 1. The molecule has 54 heavy (non-hydrogen) atoms. The van der Waals surface area contributed by atoms with Crippen molar-refractivity contribution in [3.05, 3.63) is 48.6 Å². The summed E-state index contributed by atoms with van der Waals surface area (Å²) in [7, 11) is 1.52. The van der Waals surface area contributed by atoms with E-state index in [1.807, 2.05) is 27.2 Å². The van der Waals surface area contributed by atoms with Gasteiger partial charge in [-0.3, -0.25) is 13.8 Å². The van der Waals surface area contributed by atoms with E-state index in [4.69, 9.17) is 13.8 Å². The number of rotatable bonds is 37. The molecule has 0 aromatic carbocycles. The molecule has 1 fully saturated rings. The van der Waals surface area contributed by atoms with Gasteiger partial charge in [0.15, 0.2) is 0 Å². The smallest absolute Gasteiger partial charge is 0.387 e. The number of phosphoric ester groups is 1. The molecule has 1 saturated heterocycles. The van der Waals surface area contributed by atoms with Gasteiger partial charge in [-0.25, -0.2) is 4.57 Å². The quantitative estimate of drug-likeness (QED) is 0.0189. The number of hydrogen-bond acceptors (Lipinski definition) is 6. The molecule has 1 rings (SSSR count). The minimum atomic E-state index is -4.36. The van der Waals surface area contributed by atoms with Crippen LogP contribution in [0.2, 0.25) is 0 Å². The zero-order chi connectivity index (χ0) is 39.8. The SMILES string of the molecule is CCCCC/C=C\C/C=C\CC1OC1C/C=C\CCCC(=O)N[C@@H](COP(=O)(O)OCC[N+](C)(C)C)[C@H](O)/C=C/CCCCCCCCCCCCCC. The number of likely N-dealkylation sites (N-methyl/N-ethyl adjacent to an activating group) is 1. The fraction of sp³-hybridized carbons (Fsp3) is 0.795. The van der Waals surface area contributed by atoms with Crippen LogP contribution in [0.5, 0.6) is 0 Å². The van der Waals surface area contributed by atoms with E-state index < -0.39 is 20.0 Å². The Kier molecular flexibility index (Phi) is 30.4. The van der Waals surface area contributed by atoms with Crippen LogP contribution in [0.25, 0.3) is 0 Å². The van der Waals surface area contributed by atoms with E-state index in [1.165, 1.54) is 89.9 Å². The highest BCUT2D eigenvalue weighted by Gasteiger charge is 2.36. The van der Waals surface area contributed by atoms with Gasteiger partial charge >= 0.3 is 7.82 Å². The molecule has 0 aliphatic carbocycles. The first-order valence-corrected chi connectivity index (χ1v) is 23.1. The van der Waals surface area contributed by atoms with Gasteiger partial charge in [0.05, 0.1) is 52.1 Å². The Balaban J connectivity index is 2.40. The molecule has 3 unspecified atom stereocenters. The highest BCUT2D eigenvalue weighted by atomic mass is 31.2.